The summed E-state index contributed by atoms with van der Waals surface area (Å²) in [6.45, 7) is 4.87. The smallest absolute Gasteiger partial charge is 0.227 e. The van der Waals surface area contributed by atoms with Gasteiger partial charge in [-0.3, -0.25) is 4.79 Å². The van der Waals surface area contributed by atoms with Crippen molar-refractivity contribution >= 4 is 18.3 Å². The summed E-state index contributed by atoms with van der Waals surface area (Å²) in [7, 11) is 0. The van der Waals surface area contributed by atoms with Crippen molar-refractivity contribution in [1.82, 2.24) is 5.32 Å². The van der Waals surface area contributed by atoms with Gasteiger partial charge in [-0.1, -0.05) is 26.2 Å². The zero-order valence-corrected chi connectivity index (χ0v) is 14.1. The number of carbonyl (C=O) groups excluding carboxylic acids is 1. The van der Waals surface area contributed by atoms with Crippen LogP contribution < -0.4 is 11.1 Å². The zero-order valence-electron chi connectivity index (χ0n) is 13.2. The van der Waals surface area contributed by atoms with E-state index in [2.05, 4.69) is 12.2 Å². The summed E-state index contributed by atoms with van der Waals surface area (Å²) in [4.78, 5) is 12.5. The van der Waals surface area contributed by atoms with E-state index in [9.17, 15) is 4.79 Å². The Morgan fingerprint density at radius 1 is 1.19 bits per heavy atom. The van der Waals surface area contributed by atoms with Crippen molar-refractivity contribution in [2.24, 2.45) is 23.0 Å². The summed E-state index contributed by atoms with van der Waals surface area (Å²) < 4.78 is 5.36. The Labute approximate surface area is 135 Å². The third-order valence-corrected chi connectivity index (χ3v) is 5.42. The highest BCUT2D eigenvalue weighted by Crippen LogP contribution is 2.32. The van der Waals surface area contributed by atoms with Gasteiger partial charge in [0.05, 0.1) is 5.41 Å². The predicted molar refractivity (Wildman–Crippen MR) is 87.5 cm³/mol. The molecule has 0 aromatic rings. The van der Waals surface area contributed by atoms with Gasteiger partial charge in [0.1, 0.15) is 0 Å². The fourth-order valence-electron chi connectivity index (χ4n) is 3.55. The van der Waals surface area contributed by atoms with Crippen LogP contribution in [0.25, 0.3) is 0 Å². The number of nitrogens with two attached hydrogens (primary N) is 1. The molecular formula is C16H31ClN2O2. The molecule has 0 spiro atoms. The van der Waals surface area contributed by atoms with Gasteiger partial charge in [-0.15, -0.1) is 12.4 Å². The van der Waals surface area contributed by atoms with Gasteiger partial charge < -0.3 is 15.8 Å². The summed E-state index contributed by atoms with van der Waals surface area (Å²) in [6.07, 6.45) is 8.00. The number of hydrogen-bond donors (Lipinski definition) is 2. The Bertz CT molecular complexity index is 311. The second-order valence-electron chi connectivity index (χ2n) is 6.60. The molecule has 0 atom stereocenters. The first-order chi connectivity index (χ1) is 9.70. The summed E-state index contributed by atoms with van der Waals surface area (Å²) >= 11 is 0. The lowest BCUT2D eigenvalue weighted by Crippen LogP contribution is -2.50. The van der Waals surface area contributed by atoms with Crippen LogP contribution in [0.3, 0.4) is 0 Å². The van der Waals surface area contributed by atoms with Crippen LogP contribution >= 0.6 is 12.4 Å². The third kappa shape index (κ3) is 4.83. The molecular weight excluding hydrogens is 288 g/mol. The van der Waals surface area contributed by atoms with E-state index in [-0.39, 0.29) is 23.7 Å². The van der Waals surface area contributed by atoms with Crippen LogP contribution in [0.1, 0.15) is 51.9 Å². The van der Waals surface area contributed by atoms with Crippen molar-refractivity contribution in [3.8, 4) is 0 Å². The van der Waals surface area contributed by atoms with E-state index in [1.807, 2.05) is 0 Å². The summed E-state index contributed by atoms with van der Waals surface area (Å²) in [6, 6.07) is 0. The molecule has 0 unspecified atom stereocenters. The van der Waals surface area contributed by atoms with Crippen LogP contribution in [-0.4, -0.2) is 32.2 Å². The molecule has 2 rings (SSSR count). The first-order valence-electron chi connectivity index (χ1n) is 8.26. The van der Waals surface area contributed by atoms with Crippen LogP contribution in [0.15, 0.2) is 0 Å². The monoisotopic (exact) mass is 318 g/mol. The molecule has 1 aliphatic heterocycles. The van der Waals surface area contributed by atoms with Crippen LogP contribution in [0.2, 0.25) is 0 Å². The van der Waals surface area contributed by atoms with Crippen LogP contribution in [-0.2, 0) is 9.53 Å². The fraction of sp³-hybridized carbons (Fsp3) is 0.938. The molecule has 1 saturated carbocycles. The van der Waals surface area contributed by atoms with Crippen molar-refractivity contribution in [2.45, 2.75) is 51.9 Å². The molecule has 4 nitrogen and oxygen atoms in total. The minimum absolute atomic E-state index is 0. The number of carbonyl (C=O) groups is 1. The normalized spacial score (nSPS) is 28.5. The highest BCUT2D eigenvalue weighted by molar-refractivity contribution is 5.85. The van der Waals surface area contributed by atoms with Gasteiger partial charge in [-0.2, -0.15) is 0 Å². The van der Waals surface area contributed by atoms with Gasteiger partial charge in [0.2, 0.25) is 5.91 Å². The second-order valence-corrected chi connectivity index (χ2v) is 6.60. The van der Waals surface area contributed by atoms with E-state index < -0.39 is 0 Å². The number of hydrogen-bond acceptors (Lipinski definition) is 3. The van der Waals surface area contributed by atoms with Gasteiger partial charge in [-0.25, -0.2) is 0 Å². The molecule has 2 aliphatic rings. The molecule has 1 heterocycles. The first kappa shape index (κ1) is 18.7. The maximum atomic E-state index is 12.5. The molecule has 124 valence electrons. The molecule has 3 N–H and O–H groups in total. The van der Waals surface area contributed by atoms with Crippen molar-refractivity contribution in [1.29, 1.82) is 0 Å². The Hall–Kier alpha value is -0.320. The molecule has 0 radical (unpaired) electrons. The maximum absolute atomic E-state index is 12.5. The minimum atomic E-state index is -0.376. The van der Waals surface area contributed by atoms with Gasteiger partial charge in [0, 0.05) is 26.3 Å². The van der Waals surface area contributed by atoms with Gasteiger partial charge in [0.15, 0.2) is 0 Å². The second kappa shape index (κ2) is 8.96. The van der Waals surface area contributed by atoms with E-state index in [1.165, 1.54) is 32.1 Å². The number of amides is 1. The van der Waals surface area contributed by atoms with Crippen LogP contribution in [0, 0.1) is 17.3 Å². The molecule has 1 aliphatic carbocycles. The Morgan fingerprint density at radius 3 is 2.29 bits per heavy atom. The lowest BCUT2D eigenvalue weighted by atomic mass is 9.78. The minimum Gasteiger partial charge on any atom is -0.381 e. The molecule has 1 saturated heterocycles. The standard InChI is InChI=1S/C16H30N2O2.ClH/c1-2-13-3-5-14(6-4-13)11-18-15(19)16(12-17)7-9-20-10-8-16;/h13-14H,2-12,17H2,1H3,(H,18,19);1H. The quantitative estimate of drug-likeness (QED) is 0.818. The van der Waals surface area contributed by atoms with E-state index in [1.54, 1.807) is 0 Å². The maximum Gasteiger partial charge on any atom is 0.227 e. The highest BCUT2D eigenvalue weighted by atomic mass is 35.5. The molecule has 0 bridgehead atoms. The largest absolute Gasteiger partial charge is 0.381 e. The van der Waals surface area contributed by atoms with Crippen molar-refractivity contribution in [2.75, 3.05) is 26.3 Å². The molecule has 5 heteroatoms. The molecule has 1 amide bonds. The van der Waals surface area contributed by atoms with Crippen molar-refractivity contribution in [3.63, 3.8) is 0 Å². The van der Waals surface area contributed by atoms with Crippen molar-refractivity contribution < 1.29 is 9.53 Å². The summed E-state index contributed by atoms with van der Waals surface area (Å²) in [5.74, 6) is 1.73. The van der Waals surface area contributed by atoms with E-state index in [0.717, 1.165) is 25.3 Å². The van der Waals surface area contributed by atoms with E-state index in [4.69, 9.17) is 10.5 Å². The zero-order chi connectivity index (χ0) is 14.4. The van der Waals surface area contributed by atoms with Gasteiger partial charge >= 0.3 is 0 Å². The van der Waals surface area contributed by atoms with E-state index in [0.29, 0.717) is 25.7 Å². The lowest BCUT2D eigenvalue weighted by molar-refractivity contribution is -0.136. The first-order valence-corrected chi connectivity index (χ1v) is 8.26. The number of nitrogens with one attached hydrogen (secondary N) is 1. The highest BCUT2D eigenvalue weighted by Gasteiger charge is 2.38. The molecule has 21 heavy (non-hydrogen) atoms. The number of halogens is 1. The SMILES string of the molecule is CCC1CCC(CNC(=O)C2(CN)CCOCC2)CC1.Cl. The Balaban J connectivity index is 0.00000220. The predicted octanol–water partition coefficient (Wildman–Crippen LogP) is 2.50. The average molecular weight is 319 g/mol. The topological polar surface area (TPSA) is 64.4 Å². The number of rotatable bonds is 5. The third-order valence-electron chi connectivity index (χ3n) is 5.42. The molecule has 0 aromatic heterocycles. The number of ether oxygens (including phenoxy) is 1. The fourth-order valence-corrected chi connectivity index (χ4v) is 3.55. The average Bonchev–Trinajstić information content (AvgIpc) is 2.53. The van der Waals surface area contributed by atoms with Crippen LogP contribution in [0.4, 0.5) is 0 Å². The Morgan fingerprint density at radius 2 is 1.76 bits per heavy atom. The van der Waals surface area contributed by atoms with Gasteiger partial charge in [0.25, 0.3) is 0 Å². The Kier molecular flexibility index (Phi) is 7.99. The summed E-state index contributed by atoms with van der Waals surface area (Å²) in [5, 5.41) is 3.17. The van der Waals surface area contributed by atoms with Gasteiger partial charge in [-0.05, 0) is 37.5 Å². The lowest BCUT2D eigenvalue weighted by Gasteiger charge is -2.35. The molecule has 2 fully saturated rings. The summed E-state index contributed by atoms with van der Waals surface area (Å²) in [5.41, 5.74) is 5.49. The van der Waals surface area contributed by atoms with Crippen molar-refractivity contribution in [3.05, 3.63) is 0 Å². The molecule has 0 aromatic carbocycles. The van der Waals surface area contributed by atoms with E-state index >= 15 is 0 Å². The van der Waals surface area contributed by atoms with Crippen LogP contribution in [0.5, 0.6) is 0 Å².